The molecule has 34 heavy (non-hydrogen) atoms. The van der Waals surface area contributed by atoms with Gasteiger partial charge >= 0.3 is 0 Å². The molecule has 0 spiro atoms. The van der Waals surface area contributed by atoms with Crippen molar-refractivity contribution in [1.29, 1.82) is 0 Å². The molecule has 1 N–H and O–H groups in total. The summed E-state index contributed by atoms with van der Waals surface area (Å²) in [5, 5.41) is 19.1. The molecule has 1 fully saturated rings. The van der Waals surface area contributed by atoms with Crippen LogP contribution >= 0.6 is 0 Å². The van der Waals surface area contributed by atoms with Gasteiger partial charge in [0.15, 0.2) is 0 Å². The quantitative estimate of drug-likeness (QED) is 0.369. The average molecular weight is 451 g/mol. The molecule has 0 amide bonds. The van der Waals surface area contributed by atoms with Crippen LogP contribution in [0.3, 0.4) is 0 Å². The molecule has 3 nitrogen and oxygen atoms in total. The maximum atomic E-state index is 11.9. The fourth-order valence-electron chi connectivity index (χ4n) is 7.03. The van der Waals surface area contributed by atoms with E-state index >= 15 is 0 Å². The lowest BCUT2D eigenvalue weighted by atomic mass is 9.55. The van der Waals surface area contributed by atoms with Gasteiger partial charge in [-0.1, -0.05) is 67.9 Å². The first kappa shape index (κ1) is 21.6. The van der Waals surface area contributed by atoms with Gasteiger partial charge in [-0.05, 0) is 95.9 Å². The predicted molar refractivity (Wildman–Crippen MR) is 138 cm³/mol. The summed E-state index contributed by atoms with van der Waals surface area (Å²) in [5.74, 6) is 0.222. The average Bonchev–Trinajstić information content (AvgIpc) is 3.34. The molecule has 3 aromatic carbocycles. The molecule has 1 saturated carbocycles. The van der Waals surface area contributed by atoms with Crippen LogP contribution < -0.4 is 0 Å². The van der Waals surface area contributed by atoms with Crippen LogP contribution in [0.2, 0.25) is 0 Å². The van der Waals surface area contributed by atoms with E-state index in [1.54, 1.807) is 0 Å². The molecule has 1 unspecified atom stereocenters. The zero-order chi connectivity index (χ0) is 23.7. The number of aliphatic hydroxyl groups is 1. The highest BCUT2D eigenvalue weighted by Crippen LogP contribution is 2.64. The fourth-order valence-corrected chi connectivity index (χ4v) is 7.03. The summed E-state index contributed by atoms with van der Waals surface area (Å²) in [6.07, 6.45) is 5.77. The Morgan fingerprint density at radius 2 is 1.68 bits per heavy atom. The summed E-state index contributed by atoms with van der Waals surface area (Å²) in [4.78, 5) is 0. The number of aromatic nitrogens is 2. The van der Waals surface area contributed by atoms with E-state index in [2.05, 4.69) is 99.2 Å². The first-order valence-electron chi connectivity index (χ1n) is 12.6. The number of benzene rings is 3. The second-order valence-corrected chi connectivity index (χ2v) is 11.3. The van der Waals surface area contributed by atoms with Gasteiger partial charge in [0.1, 0.15) is 0 Å². The van der Waals surface area contributed by atoms with Crippen LogP contribution in [0.4, 0.5) is 0 Å². The Morgan fingerprint density at radius 1 is 0.941 bits per heavy atom. The molecule has 4 atom stereocenters. The minimum absolute atomic E-state index is 0.0204. The van der Waals surface area contributed by atoms with Crippen LogP contribution in [0, 0.1) is 30.6 Å². The van der Waals surface area contributed by atoms with Crippen molar-refractivity contribution in [2.45, 2.75) is 59.5 Å². The van der Waals surface area contributed by atoms with E-state index in [0.29, 0.717) is 0 Å². The first-order chi connectivity index (χ1) is 16.3. The van der Waals surface area contributed by atoms with Crippen molar-refractivity contribution in [2.75, 3.05) is 0 Å². The normalized spacial score (nSPS) is 26.9. The van der Waals surface area contributed by atoms with Crippen molar-refractivity contribution in [3.8, 4) is 5.69 Å². The summed E-state index contributed by atoms with van der Waals surface area (Å²) in [6.45, 7) is 9.15. The Kier molecular flexibility index (Phi) is 4.80. The molecular weight excluding hydrogens is 416 g/mol. The van der Waals surface area contributed by atoms with Gasteiger partial charge in [-0.2, -0.15) is 5.10 Å². The Morgan fingerprint density at radius 3 is 2.44 bits per heavy atom. The van der Waals surface area contributed by atoms with Gasteiger partial charge in [0.25, 0.3) is 0 Å². The van der Waals surface area contributed by atoms with E-state index in [1.807, 2.05) is 0 Å². The standard InChI is InChI=1S/C31H34N2O/c1-20-9-12-23(13-10-20)33-28-18-30(3)16-15-27(31(30,4)17-22(28)19-32-33)29(34)26-14-11-21(2)24-7-5-6-8-25(24)26/h5-14,19,27,29,34H,15-18H2,1-4H3/t27-,29+,30?,31-/m1/s1. The molecule has 0 radical (unpaired) electrons. The minimum atomic E-state index is -0.467. The predicted octanol–water partition coefficient (Wildman–Crippen LogP) is 6.90. The number of aliphatic hydroxyl groups excluding tert-OH is 1. The number of rotatable bonds is 3. The lowest BCUT2D eigenvalue weighted by Crippen LogP contribution is -2.45. The summed E-state index contributed by atoms with van der Waals surface area (Å²) >= 11 is 0. The van der Waals surface area contributed by atoms with Crippen LogP contribution in [0.25, 0.3) is 16.5 Å². The summed E-state index contributed by atoms with van der Waals surface area (Å²) in [5.41, 5.74) is 7.59. The molecule has 174 valence electrons. The van der Waals surface area contributed by atoms with Gasteiger partial charge in [0, 0.05) is 5.69 Å². The highest BCUT2D eigenvalue weighted by atomic mass is 16.3. The summed E-state index contributed by atoms with van der Waals surface area (Å²) in [6, 6.07) is 21.5. The van der Waals surface area contributed by atoms with Crippen molar-refractivity contribution < 1.29 is 5.11 Å². The summed E-state index contributed by atoms with van der Waals surface area (Å²) < 4.78 is 2.15. The minimum Gasteiger partial charge on any atom is -0.388 e. The maximum Gasteiger partial charge on any atom is 0.0829 e. The van der Waals surface area contributed by atoms with Gasteiger partial charge < -0.3 is 5.11 Å². The highest BCUT2D eigenvalue weighted by molar-refractivity contribution is 5.88. The van der Waals surface area contributed by atoms with Crippen molar-refractivity contribution in [3.05, 3.63) is 94.8 Å². The van der Waals surface area contributed by atoms with E-state index in [0.717, 1.165) is 36.9 Å². The molecule has 0 saturated heterocycles. The number of hydrogen-bond donors (Lipinski definition) is 1. The van der Waals surface area contributed by atoms with E-state index in [1.165, 1.54) is 33.2 Å². The molecular formula is C31H34N2O. The van der Waals surface area contributed by atoms with Gasteiger partial charge in [-0.25, -0.2) is 4.68 Å². The molecule has 2 aliphatic rings. The van der Waals surface area contributed by atoms with Crippen molar-refractivity contribution in [2.24, 2.45) is 16.7 Å². The Hall–Kier alpha value is -2.91. The van der Waals surface area contributed by atoms with Gasteiger partial charge in [-0.3, -0.25) is 0 Å². The second kappa shape index (κ2) is 7.55. The first-order valence-corrected chi connectivity index (χ1v) is 12.6. The largest absolute Gasteiger partial charge is 0.388 e. The highest BCUT2D eigenvalue weighted by Gasteiger charge is 2.59. The third-order valence-corrected chi connectivity index (χ3v) is 9.43. The van der Waals surface area contributed by atoms with Gasteiger partial charge in [-0.15, -0.1) is 0 Å². The monoisotopic (exact) mass is 450 g/mol. The number of aryl methyl sites for hydroxylation is 2. The molecule has 1 heterocycles. The Bertz CT molecular complexity index is 1380. The van der Waals surface area contributed by atoms with Crippen LogP contribution in [0.1, 0.15) is 60.7 Å². The lowest BCUT2D eigenvalue weighted by Gasteiger charge is -2.49. The second-order valence-electron chi connectivity index (χ2n) is 11.3. The molecule has 2 aliphatic carbocycles. The maximum absolute atomic E-state index is 11.9. The Balaban J connectivity index is 1.39. The van der Waals surface area contributed by atoms with E-state index in [4.69, 9.17) is 5.10 Å². The van der Waals surface area contributed by atoms with Crippen LogP contribution in [-0.4, -0.2) is 14.9 Å². The van der Waals surface area contributed by atoms with Crippen molar-refractivity contribution >= 4 is 10.8 Å². The Labute approximate surface area is 202 Å². The van der Waals surface area contributed by atoms with E-state index < -0.39 is 6.10 Å². The number of hydrogen-bond acceptors (Lipinski definition) is 2. The molecule has 0 aliphatic heterocycles. The topological polar surface area (TPSA) is 38.0 Å². The smallest absolute Gasteiger partial charge is 0.0829 e. The summed E-state index contributed by atoms with van der Waals surface area (Å²) in [7, 11) is 0. The van der Waals surface area contributed by atoms with E-state index in [9.17, 15) is 5.11 Å². The van der Waals surface area contributed by atoms with Crippen molar-refractivity contribution in [3.63, 3.8) is 0 Å². The zero-order valence-corrected chi connectivity index (χ0v) is 20.7. The molecule has 0 bridgehead atoms. The molecule has 1 aromatic heterocycles. The van der Waals surface area contributed by atoms with Crippen molar-refractivity contribution in [1.82, 2.24) is 9.78 Å². The van der Waals surface area contributed by atoms with Crippen LogP contribution in [0.5, 0.6) is 0 Å². The van der Waals surface area contributed by atoms with Crippen LogP contribution in [0.15, 0.2) is 66.9 Å². The third-order valence-electron chi connectivity index (χ3n) is 9.43. The van der Waals surface area contributed by atoms with Gasteiger partial charge in [0.05, 0.1) is 18.0 Å². The molecule has 4 aromatic rings. The molecule has 3 heteroatoms. The molecule has 6 rings (SSSR count). The lowest BCUT2D eigenvalue weighted by molar-refractivity contribution is -0.0151. The number of fused-ring (bicyclic) bond motifs is 3. The van der Waals surface area contributed by atoms with Crippen LogP contribution in [-0.2, 0) is 12.8 Å². The van der Waals surface area contributed by atoms with Gasteiger partial charge in [0.2, 0.25) is 0 Å². The van der Waals surface area contributed by atoms with E-state index in [-0.39, 0.29) is 16.7 Å². The SMILES string of the molecule is Cc1ccc(-n2ncc3c2CC2(C)CC[C@H]([C@@H](O)c4ccc(C)c5ccccc45)[C@@]2(C)C3)cc1. The number of nitrogens with zero attached hydrogens (tertiary/aromatic N) is 2. The zero-order valence-electron chi connectivity index (χ0n) is 20.7. The fraction of sp³-hybridized carbons (Fsp3) is 0.387. The third kappa shape index (κ3) is 3.03.